The van der Waals surface area contributed by atoms with E-state index in [2.05, 4.69) is 49.4 Å². The second-order valence-corrected chi connectivity index (χ2v) is 11.8. The predicted octanol–water partition coefficient (Wildman–Crippen LogP) is 5.22. The molecule has 2 aliphatic heterocycles. The molecule has 0 atom stereocenters. The summed E-state index contributed by atoms with van der Waals surface area (Å²) in [5, 5.41) is 0. The number of anilines is 1. The molecule has 4 aromatic carbocycles. The fraction of sp³-hybridized carbons (Fsp3) is 0.200. The van der Waals surface area contributed by atoms with Crippen LogP contribution in [0, 0.1) is 6.92 Å². The first-order valence-electron chi connectivity index (χ1n) is 14.2. The van der Waals surface area contributed by atoms with Gasteiger partial charge in [-0.2, -0.15) is 0 Å². The van der Waals surface area contributed by atoms with Crippen LogP contribution in [0.4, 0.5) is 5.69 Å². The zero-order valence-corrected chi connectivity index (χ0v) is 24.1. The monoisotopic (exact) mass is 560 g/mol. The molecule has 1 N–H and O–H groups in total. The summed E-state index contributed by atoms with van der Waals surface area (Å²) < 4.78 is 0. The first-order chi connectivity index (χ1) is 20.0. The normalized spacial score (nSPS) is 16.6. The van der Waals surface area contributed by atoms with Crippen molar-refractivity contribution in [2.24, 2.45) is 0 Å². The molecule has 2 amide bonds. The molecule has 2 heterocycles. The number of aryl methyl sites for hydroxylation is 1. The Bertz CT molecular complexity index is 1570. The molecule has 1 saturated heterocycles. The third kappa shape index (κ3) is 6.14. The van der Waals surface area contributed by atoms with E-state index in [9.17, 15) is 9.59 Å². The summed E-state index contributed by atoms with van der Waals surface area (Å²) in [4.78, 5) is 34.0. The second kappa shape index (κ2) is 12.2. The van der Waals surface area contributed by atoms with E-state index in [-0.39, 0.29) is 11.8 Å². The molecule has 41 heavy (non-hydrogen) atoms. The summed E-state index contributed by atoms with van der Waals surface area (Å²) in [5.74, 6) is 0.0670. The molecule has 0 aromatic heterocycles. The van der Waals surface area contributed by atoms with Crippen LogP contribution in [0.5, 0.6) is 0 Å². The van der Waals surface area contributed by atoms with Crippen molar-refractivity contribution in [1.29, 1.82) is 0 Å². The van der Waals surface area contributed by atoms with Gasteiger partial charge in [-0.1, -0.05) is 90.6 Å². The number of rotatable bonds is 6. The van der Waals surface area contributed by atoms with E-state index in [1.807, 2.05) is 76.5 Å². The molecule has 0 saturated carbocycles. The van der Waals surface area contributed by atoms with Crippen molar-refractivity contribution in [3.05, 3.63) is 136 Å². The zero-order chi connectivity index (χ0) is 28.2. The van der Waals surface area contributed by atoms with Crippen molar-refractivity contribution in [3.8, 4) is 0 Å². The van der Waals surface area contributed by atoms with Crippen molar-refractivity contribution in [2.45, 2.75) is 24.9 Å². The molecular formula is C35H34N3O2S+. The Hall–Kier alpha value is -4.13. The lowest BCUT2D eigenvalue weighted by atomic mass is 10.1. The van der Waals surface area contributed by atoms with Gasteiger partial charge in [0.05, 0.1) is 43.3 Å². The average Bonchev–Trinajstić information content (AvgIpc) is 3.01. The zero-order valence-electron chi connectivity index (χ0n) is 23.3. The maximum absolute atomic E-state index is 13.7. The smallest absolute Gasteiger partial charge is 0.265 e. The van der Waals surface area contributed by atoms with Crippen LogP contribution < -0.4 is 9.80 Å². The standard InChI is InChI=1S/C35H33N3O2S/c1-26-9-5-6-12-30(26)25-38-31-13-7-8-14-32(31)41-33(35(38)40)23-27-15-17-29(18-16-27)34(39)37-21-19-36(20-22-37)24-28-10-3-2-4-11-28/h2-18,23H,19-22,24-25H2,1H3/p+1. The van der Waals surface area contributed by atoms with Crippen molar-refractivity contribution in [2.75, 3.05) is 31.1 Å². The number of carbonyl (C=O) groups is 2. The molecule has 6 rings (SSSR count). The Morgan fingerprint density at radius 2 is 1.54 bits per heavy atom. The number of fused-ring (bicyclic) bond motifs is 1. The quantitative estimate of drug-likeness (QED) is 0.329. The SMILES string of the molecule is Cc1ccccc1CN1C(=O)C(=Cc2ccc(C(=O)N3CC[NH+](Cc4ccccc4)CC3)cc2)Sc2ccccc21. The Morgan fingerprint density at radius 1 is 0.854 bits per heavy atom. The minimum atomic E-state index is -0.00650. The molecule has 1 fully saturated rings. The van der Waals surface area contributed by atoms with Gasteiger partial charge in [-0.3, -0.25) is 9.59 Å². The van der Waals surface area contributed by atoms with Crippen molar-refractivity contribution < 1.29 is 14.5 Å². The van der Waals surface area contributed by atoms with Crippen molar-refractivity contribution >= 4 is 35.3 Å². The maximum atomic E-state index is 13.7. The van der Waals surface area contributed by atoms with E-state index in [0.717, 1.165) is 54.4 Å². The van der Waals surface area contributed by atoms with Gasteiger partial charge in [0.1, 0.15) is 6.54 Å². The van der Waals surface area contributed by atoms with Crippen LogP contribution in [0.3, 0.4) is 0 Å². The number of benzene rings is 4. The van der Waals surface area contributed by atoms with Gasteiger partial charge in [0.15, 0.2) is 0 Å². The molecule has 0 aliphatic carbocycles. The number of nitrogens with zero attached hydrogens (tertiary/aromatic N) is 2. The van der Waals surface area contributed by atoms with E-state index < -0.39 is 0 Å². The molecule has 0 bridgehead atoms. The van der Waals surface area contributed by atoms with E-state index in [0.29, 0.717) is 17.0 Å². The van der Waals surface area contributed by atoms with Crippen LogP contribution in [-0.4, -0.2) is 42.9 Å². The Labute approximate surface area is 246 Å². The van der Waals surface area contributed by atoms with E-state index >= 15 is 0 Å². The van der Waals surface area contributed by atoms with Gasteiger partial charge in [-0.05, 0) is 54.0 Å². The molecule has 0 spiro atoms. The summed E-state index contributed by atoms with van der Waals surface area (Å²) >= 11 is 1.50. The lowest BCUT2D eigenvalue weighted by molar-refractivity contribution is -0.917. The molecule has 5 nitrogen and oxygen atoms in total. The Balaban J connectivity index is 1.14. The van der Waals surface area contributed by atoms with Crippen LogP contribution in [0.2, 0.25) is 0 Å². The molecular weight excluding hydrogens is 526 g/mol. The summed E-state index contributed by atoms with van der Waals surface area (Å²) in [7, 11) is 0. The lowest BCUT2D eigenvalue weighted by Crippen LogP contribution is -3.13. The van der Waals surface area contributed by atoms with Crippen LogP contribution in [0.1, 0.15) is 32.6 Å². The number of quaternary nitrogens is 1. The molecule has 206 valence electrons. The van der Waals surface area contributed by atoms with Gasteiger partial charge in [0.25, 0.3) is 11.8 Å². The number of para-hydroxylation sites is 1. The minimum Gasteiger partial charge on any atom is -0.328 e. The maximum Gasteiger partial charge on any atom is 0.265 e. The van der Waals surface area contributed by atoms with Gasteiger partial charge >= 0.3 is 0 Å². The van der Waals surface area contributed by atoms with E-state index in [1.165, 1.54) is 27.8 Å². The summed E-state index contributed by atoms with van der Waals surface area (Å²) in [6.07, 6.45) is 1.94. The number of thioether (sulfide) groups is 1. The number of hydrogen-bond donors (Lipinski definition) is 1. The van der Waals surface area contributed by atoms with E-state index in [1.54, 1.807) is 0 Å². The second-order valence-electron chi connectivity index (χ2n) is 10.7. The largest absolute Gasteiger partial charge is 0.328 e. The predicted molar refractivity (Wildman–Crippen MR) is 166 cm³/mol. The van der Waals surface area contributed by atoms with Crippen molar-refractivity contribution in [3.63, 3.8) is 0 Å². The highest BCUT2D eigenvalue weighted by Gasteiger charge is 2.29. The number of piperazine rings is 1. The van der Waals surface area contributed by atoms with Gasteiger partial charge in [0, 0.05) is 16.0 Å². The fourth-order valence-electron chi connectivity index (χ4n) is 5.52. The molecule has 6 heteroatoms. The highest BCUT2D eigenvalue weighted by atomic mass is 32.2. The topological polar surface area (TPSA) is 45.1 Å². The summed E-state index contributed by atoms with van der Waals surface area (Å²) in [6, 6.07) is 34.5. The number of hydrogen-bond acceptors (Lipinski definition) is 3. The van der Waals surface area contributed by atoms with Crippen LogP contribution >= 0.6 is 11.8 Å². The minimum absolute atomic E-state index is 0.00650. The summed E-state index contributed by atoms with van der Waals surface area (Å²) in [5.41, 5.74) is 6.17. The number of nitrogens with one attached hydrogen (secondary N) is 1. The molecule has 0 unspecified atom stereocenters. The number of amides is 2. The third-order valence-corrected chi connectivity index (χ3v) is 9.01. The van der Waals surface area contributed by atoms with Crippen molar-refractivity contribution in [1.82, 2.24) is 4.90 Å². The van der Waals surface area contributed by atoms with Gasteiger partial charge in [-0.15, -0.1) is 0 Å². The third-order valence-electron chi connectivity index (χ3n) is 7.93. The first-order valence-corrected chi connectivity index (χ1v) is 15.0. The van der Waals surface area contributed by atoms with Gasteiger partial charge < -0.3 is 14.7 Å². The summed E-state index contributed by atoms with van der Waals surface area (Å²) in [6.45, 7) is 7.01. The van der Waals surface area contributed by atoms with Crippen LogP contribution in [-0.2, 0) is 17.9 Å². The molecule has 4 aromatic rings. The molecule has 0 radical (unpaired) electrons. The average molecular weight is 561 g/mol. The highest BCUT2D eigenvalue weighted by Crippen LogP contribution is 2.42. The van der Waals surface area contributed by atoms with Crippen LogP contribution in [0.15, 0.2) is 113 Å². The van der Waals surface area contributed by atoms with Crippen LogP contribution in [0.25, 0.3) is 6.08 Å². The van der Waals surface area contributed by atoms with E-state index in [4.69, 9.17) is 0 Å². The van der Waals surface area contributed by atoms with Gasteiger partial charge in [-0.25, -0.2) is 0 Å². The molecule has 2 aliphatic rings. The van der Waals surface area contributed by atoms with Gasteiger partial charge in [0.2, 0.25) is 0 Å². The Kier molecular flexibility index (Phi) is 8.03. The highest BCUT2D eigenvalue weighted by molar-refractivity contribution is 8.04. The fourth-order valence-corrected chi connectivity index (χ4v) is 6.58. The Morgan fingerprint density at radius 3 is 2.29 bits per heavy atom. The number of carbonyl (C=O) groups excluding carboxylic acids is 2. The first kappa shape index (κ1) is 27.1. The lowest BCUT2D eigenvalue weighted by Gasteiger charge is -2.32.